The number of nitrogens with one attached hydrogen (secondary N) is 2. The van der Waals surface area contributed by atoms with Crippen LogP contribution in [0.1, 0.15) is 37.7 Å². The summed E-state index contributed by atoms with van der Waals surface area (Å²) in [6, 6.07) is 12.5. The highest BCUT2D eigenvalue weighted by Crippen LogP contribution is 2.33. The molecule has 1 atom stereocenters. The summed E-state index contributed by atoms with van der Waals surface area (Å²) in [5.74, 6) is -1.26. The van der Waals surface area contributed by atoms with Crippen molar-refractivity contribution >= 4 is 28.1 Å². The van der Waals surface area contributed by atoms with Crippen molar-refractivity contribution in [3.05, 3.63) is 71.0 Å². The van der Waals surface area contributed by atoms with Gasteiger partial charge < -0.3 is 15.8 Å². The molecule has 2 N–H and O–H groups in total. The summed E-state index contributed by atoms with van der Waals surface area (Å²) < 4.78 is 53.7. The summed E-state index contributed by atoms with van der Waals surface area (Å²) >= 11 is 1.49. The molecule has 2 aromatic carbocycles. The van der Waals surface area contributed by atoms with Crippen LogP contribution < -0.4 is 5.32 Å². The maximum Gasteiger partial charge on any atom is 0.419 e. The Morgan fingerprint density at radius 1 is 1.08 bits per heavy atom. The Morgan fingerprint density at radius 3 is 2.50 bits per heavy atom. The lowest BCUT2D eigenvalue weighted by atomic mass is 9.96. The van der Waals surface area contributed by atoms with Gasteiger partial charge in [-0.1, -0.05) is 48.9 Å². The zero-order valence-corrected chi connectivity index (χ0v) is 21.5. The van der Waals surface area contributed by atoms with E-state index in [2.05, 4.69) is 15.2 Å². The summed E-state index contributed by atoms with van der Waals surface area (Å²) in [5, 5.41) is 5.75. The largest absolute Gasteiger partial charge is 0.699 e. The fraction of sp³-hybridized carbons (Fsp3) is 0.407. The van der Waals surface area contributed by atoms with Crippen molar-refractivity contribution in [2.24, 2.45) is 0 Å². The number of thiazole rings is 1. The molecule has 2 saturated heterocycles. The van der Waals surface area contributed by atoms with Crippen LogP contribution in [0, 0.1) is 5.82 Å². The number of halogens is 4. The zero-order chi connectivity index (χ0) is 27.1. The number of anilines is 1. The van der Waals surface area contributed by atoms with E-state index < -0.39 is 17.6 Å². The molecular weight excluding hydrogens is 520 g/mol. The Kier molecular flexibility index (Phi) is 9.35. The van der Waals surface area contributed by atoms with E-state index in [0.29, 0.717) is 23.3 Å². The molecule has 11 heteroatoms. The lowest BCUT2D eigenvalue weighted by Gasteiger charge is -2.41. The lowest BCUT2D eigenvalue weighted by Crippen LogP contribution is -2.53. The number of carbonyl (C=O) groups is 1. The van der Waals surface area contributed by atoms with E-state index in [1.807, 2.05) is 35.7 Å². The number of benzene rings is 2. The number of ether oxygens (including phenoxy) is 1. The van der Waals surface area contributed by atoms with Crippen molar-refractivity contribution in [3.8, 4) is 11.3 Å². The van der Waals surface area contributed by atoms with Gasteiger partial charge in [-0.2, -0.15) is 13.2 Å². The number of aromatic nitrogens is 1. The summed E-state index contributed by atoms with van der Waals surface area (Å²) in [7, 11) is 0. The van der Waals surface area contributed by atoms with Crippen molar-refractivity contribution in [1.29, 1.82) is 0 Å². The number of nitrogens with zero attached hydrogens (tertiary/aromatic N) is 2. The van der Waals surface area contributed by atoms with Gasteiger partial charge in [0.25, 0.3) is 0 Å². The standard InChI is InChI=1S/C20H25N3O2S.C7H4F4N/c24-19(18-8-4-5-11-23(18)16-9-12-25-13-10-16)22-20-21-17(14-26-20)15-6-2-1-3-7-15;8-6-2-1-4(12)3-5(6)7(9,10)11/h1-3,6-7,14,16,18H,4-5,8-13H2,(H,21,22,24);1-3,12H/q;-1/t18-;/m0./s1. The zero-order valence-electron chi connectivity index (χ0n) is 20.6. The van der Waals surface area contributed by atoms with Crippen LogP contribution in [0.3, 0.4) is 0 Å². The number of likely N-dealkylation sites (tertiary alicyclic amines) is 1. The van der Waals surface area contributed by atoms with Gasteiger partial charge in [-0.3, -0.25) is 9.69 Å². The van der Waals surface area contributed by atoms with Crippen molar-refractivity contribution < 1.29 is 27.1 Å². The molecule has 0 bridgehead atoms. The first kappa shape index (κ1) is 28.0. The van der Waals surface area contributed by atoms with E-state index >= 15 is 0 Å². The quantitative estimate of drug-likeness (QED) is 0.346. The molecule has 1 amide bonds. The highest BCUT2D eigenvalue weighted by Gasteiger charge is 2.35. The molecule has 0 radical (unpaired) electrons. The van der Waals surface area contributed by atoms with Crippen LogP contribution in [0.25, 0.3) is 17.0 Å². The molecule has 2 aliphatic rings. The molecule has 0 spiro atoms. The van der Waals surface area contributed by atoms with Crippen LogP contribution in [-0.4, -0.2) is 47.6 Å². The van der Waals surface area contributed by atoms with Gasteiger partial charge in [0, 0.05) is 30.2 Å². The van der Waals surface area contributed by atoms with Gasteiger partial charge in [-0.25, -0.2) is 9.37 Å². The van der Waals surface area contributed by atoms with Crippen molar-refractivity contribution in [1.82, 2.24) is 9.88 Å². The van der Waals surface area contributed by atoms with E-state index in [9.17, 15) is 22.4 Å². The SMILES string of the molecule is O=C(Nc1nc(-c2ccccc2)cs1)[C@@H]1CCCCN1C1CCOCC1.[NH-]c1ccc(F)c(C(F)(F)F)c1. The number of carbonyl (C=O) groups excluding carboxylic acids is 1. The molecule has 0 aliphatic carbocycles. The number of alkyl halides is 3. The second kappa shape index (κ2) is 12.7. The fourth-order valence-electron chi connectivity index (χ4n) is 4.69. The Bertz CT molecular complexity index is 1200. The predicted molar refractivity (Wildman–Crippen MR) is 140 cm³/mol. The van der Waals surface area contributed by atoms with Crippen LogP contribution in [-0.2, 0) is 15.7 Å². The van der Waals surface area contributed by atoms with Gasteiger partial charge in [0.05, 0.1) is 17.3 Å². The third-order valence-electron chi connectivity index (χ3n) is 6.58. The van der Waals surface area contributed by atoms with Crippen molar-refractivity contribution in [3.63, 3.8) is 0 Å². The monoisotopic (exact) mass is 549 g/mol. The average molecular weight is 550 g/mol. The lowest BCUT2D eigenvalue weighted by molar-refractivity contribution is -0.139. The van der Waals surface area contributed by atoms with E-state index in [1.54, 1.807) is 0 Å². The van der Waals surface area contributed by atoms with Crippen LogP contribution in [0.15, 0.2) is 53.9 Å². The molecule has 0 unspecified atom stereocenters. The van der Waals surface area contributed by atoms with Crippen LogP contribution in [0.2, 0.25) is 0 Å². The third-order valence-corrected chi connectivity index (χ3v) is 7.34. The first-order valence-electron chi connectivity index (χ1n) is 12.5. The minimum Gasteiger partial charge on any atom is -0.699 e. The minimum absolute atomic E-state index is 0.0454. The van der Waals surface area contributed by atoms with E-state index in [1.165, 1.54) is 17.8 Å². The maximum absolute atomic E-state index is 12.9. The molecule has 204 valence electrons. The first-order valence-corrected chi connectivity index (χ1v) is 13.3. The van der Waals surface area contributed by atoms with Crippen molar-refractivity contribution in [2.45, 2.75) is 50.4 Å². The second-order valence-electron chi connectivity index (χ2n) is 9.18. The third kappa shape index (κ3) is 7.30. The van der Waals surface area contributed by atoms with E-state index in [0.717, 1.165) is 62.8 Å². The Labute approximate surface area is 222 Å². The van der Waals surface area contributed by atoms with Crippen LogP contribution in [0.4, 0.5) is 28.4 Å². The Hall–Kier alpha value is -3.02. The number of rotatable bonds is 4. The molecular formula is C27H29F4N4O2S-. The fourth-order valence-corrected chi connectivity index (χ4v) is 5.42. The molecule has 6 nitrogen and oxygen atoms in total. The van der Waals surface area contributed by atoms with Gasteiger partial charge in [-0.15, -0.1) is 17.0 Å². The Morgan fingerprint density at radius 2 is 1.82 bits per heavy atom. The number of hydrogen-bond acceptors (Lipinski definition) is 5. The van der Waals surface area contributed by atoms with Crippen LogP contribution in [0.5, 0.6) is 0 Å². The first-order chi connectivity index (χ1) is 18.2. The average Bonchev–Trinajstić information content (AvgIpc) is 3.39. The summed E-state index contributed by atoms with van der Waals surface area (Å²) in [5.41, 5.74) is 7.08. The Balaban J connectivity index is 0.000000236. The molecule has 3 heterocycles. The summed E-state index contributed by atoms with van der Waals surface area (Å²) in [6.45, 7) is 2.63. The minimum atomic E-state index is -4.72. The van der Waals surface area contributed by atoms with Gasteiger partial charge >= 0.3 is 6.18 Å². The molecule has 2 aliphatic heterocycles. The normalized spacial score (nSPS) is 18.9. The molecule has 3 aromatic rings. The van der Waals surface area contributed by atoms with E-state index in [4.69, 9.17) is 10.5 Å². The van der Waals surface area contributed by atoms with Gasteiger partial charge in [0.2, 0.25) is 5.91 Å². The molecule has 5 rings (SSSR count). The molecule has 2 fully saturated rings. The highest BCUT2D eigenvalue weighted by atomic mass is 32.1. The number of hydrogen-bond donors (Lipinski definition) is 1. The summed E-state index contributed by atoms with van der Waals surface area (Å²) in [4.78, 5) is 20.0. The smallest absolute Gasteiger partial charge is 0.419 e. The van der Waals surface area contributed by atoms with Crippen LogP contribution >= 0.6 is 11.3 Å². The van der Waals surface area contributed by atoms with Gasteiger partial charge in [0.1, 0.15) is 5.82 Å². The topological polar surface area (TPSA) is 78.3 Å². The van der Waals surface area contributed by atoms with Gasteiger partial charge in [0.15, 0.2) is 5.13 Å². The second-order valence-corrected chi connectivity index (χ2v) is 10.0. The van der Waals surface area contributed by atoms with E-state index in [-0.39, 0.29) is 17.6 Å². The molecule has 0 saturated carbocycles. The molecule has 1 aromatic heterocycles. The number of amides is 1. The maximum atomic E-state index is 12.9. The highest BCUT2D eigenvalue weighted by molar-refractivity contribution is 7.14. The van der Waals surface area contributed by atoms with Crippen molar-refractivity contribution in [2.75, 3.05) is 25.1 Å². The van der Waals surface area contributed by atoms with Gasteiger partial charge in [-0.05, 0) is 38.3 Å². The molecule has 38 heavy (non-hydrogen) atoms. The number of piperidine rings is 1. The summed E-state index contributed by atoms with van der Waals surface area (Å²) in [6.07, 6.45) is 0.557. The predicted octanol–water partition coefficient (Wildman–Crippen LogP) is 7.31.